The van der Waals surface area contributed by atoms with E-state index >= 15 is 0 Å². The van der Waals surface area contributed by atoms with Crippen molar-refractivity contribution in [1.82, 2.24) is 15.1 Å². The Morgan fingerprint density at radius 2 is 1.61 bits per heavy atom. The summed E-state index contributed by atoms with van der Waals surface area (Å²) in [4.78, 5) is 17.1. The fourth-order valence-corrected chi connectivity index (χ4v) is 4.89. The Morgan fingerprint density at radius 3 is 2.21 bits per heavy atom. The summed E-state index contributed by atoms with van der Waals surface area (Å²) in [6, 6.07) is 21.3. The van der Waals surface area contributed by atoms with Gasteiger partial charge in [-0.25, -0.2) is 0 Å². The summed E-state index contributed by atoms with van der Waals surface area (Å²) in [5, 5.41) is 6.77. The van der Waals surface area contributed by atoms with Gasteiger partial charge in [-0.15, -0.1) is 0 Å². The van der Waals surface area contributed by atoms with Gasteiger partial charge >= 0.3 is 6.18 Å². The summed E-state index contributed by atoms with van der Waals surface area (Å²) in [5.41, 5.74) is 3.94. The molecular formula is C30H35F3N4O. The van der Waals surface area contributed by atoms with E-state index in [9.17, 15) is 18.0 Å². The van der Waals surface area contributed by atoms with Crippen molar-refractivity contribution < 1.29 is 18.0 Å². The lowest BCUT2D eigenvalue weighted by atomic mass is 9.95. The van der Waals surface area contributed by atoms with Crippen LogP contribution in [0.15, 0.2) is 72.8 Å². The second-order valence-corrected chi connectivity index (χ2v) is 9.46. The number of alkyl halides is 3. The first kappa shape index (κ1) is 27.7. The Kier molecular flexibility index (Phi) is 9.07. The zero-order valence-corrected chi connectivity index (χ0v) is 21.9. The molecule has 0 spiro atoms. The molecule has 1 aliphatic heterocycles. The van der Waals surface area contributed by atoms with Crippen molar-refractivity contribution in [3.8, 4) is 0 Å². The van der Waals surface area contributed by atoms with Crippen LogP contribution < -0.4 is 10.6 Å². The van der Waals surface area contributed by atoms with Crippen LogP contribution in [-0.2, 0) is 12.7 Å². The minimum Gasteiger partial charge on any atom is -0.381 e. The van der Waals surface area contributed by atoms with E-state index in [4.69, 9.17) is 0 Å². The molecular weight excluding hydrogens is 489 g/mol. The number of carbonyl (C=O) groups excluding carboxylic acids is 1. The van der Waals surface area contributed by atoms with E-state index < -0.39 is 11.7 Å². The molecule has 1 aliphatic rings. The second-order valence-electron chi connectivity index (χ2n) is 9.46. The molecule has 0 bridgehead atoms. The predicted octanol–water partition coefficient (Wildman–Crippen LogP) is 5.79. The van der Waals surface area contributed by atoms with Gasteiger partial charge in [0.25, 0.3) is 5.91 Å². The molecule has 1 atom stereocenters. The van der Waals surface area contributed by atoms with E-state index in [1.807, 2.05) is 55.1 Å². The Hall–Kier alpha value is -3.36. The zero-order chi connectivity index (χ0) is 27.1. The molecule has 2 N–H and O–H groups in total. The molecule has 38 heavy (non-hydrogen) atoms. The molecule has 202 valence electrons. The molecule has 0 radical (unpaired) electrons. The van der Waals surface area contributed by atoms with Gasteiger partial charge < -0.3 is 15.5 Å². The molecule has 4 rings (SSSR count). The summed E-state index contributed by atoms with van der Waals surface area (Å²) < 4.78 is 38.6. The number of benzene rings is 3. The van der Waals surface area contributed by atoms with Crippen molar-refractivity contribution in [2.45, 2.75) is 32.6 Å². The van der Waals surface area contributed by atoms with Crippen molar-refractivity contribution in [3.63, 3.8) is 0 Å². The molecule has 0 aliphatic carbocycles. The first-order valence-electron chi connectivity index (χ1n) is 13.1. The highest BCUT2D eigenvalue weighted by atomic mass is 19.4. The third-order valence-corrected chi connectivity index (χ3v) is 7.02. The van der Waals surface area contributed by atoms with Gasteiger partial charge in [0.1, 0.15) is 0 Å². The van der Waals surface area contributed by atoms with Crippen molar-refractivity contribution >= 4 is 11.6 Å². The molecule has 0 aromatic heterocycles. The van der Waals surface area contributed by atoms with Crippen LogP contribution in [0.5, 0.6) is 0 Å². The van der Waals surface area contributed by atoms with Gasteiger partial charge in [-0.1, -0.05) is 36.4 Å². The molecule has 8 heteroatoms. The van der Waals surface area contributed by atoms with E-state index in [-0.39, 0.29) is 11.9 Å². The third-order valence-electron chi connectivity index (χ3n) is 7.02. The number of nitrogens with one attached hydrogen (secondary N) is 2. The zero-order valence-electron chi connectivity index (χ0n) is 21.9. The van der Waals surface area contributed by atoms with Gasteiger partial charge in [0, 0.05) is 57.1 Å². The fourth-order valence-electron chi connectivity index (χ4n) is 4.89. The number of anilines is 1. The number of hydrogen-bond donors (Lipinski definition) is 2. The van der Waals surface area contributed by atoms with Crippen LogP contribution in [-0.4, -0.2) is 55.0 Å². The quantitative estimate of drug-likeness (QED) is 0.372. The average molecular weight is 525 g/mol. The van der Waals surface area contributed by atoms with E-state index in [1.165, 1.54) is 12.1 Å². The highest BCUT2D eigenvalue weighted by Gasteiger charge is 2.30. The van der Waals surface area contributed by atoms with Gasteiger partial charge in [-0.3, -0.25) is 9.69 Å². The highest BCUT2D eigenvalue weighted by Crippen LogP contribution is 2.32. The number of carbonyl (C=O) groups is 1. The summed E-state index contributed by atoms with van der Waals surface area (Å²) in [5.74, 6) is 0.0368. The number of rotatable bonds is 9. The van der Waals surface area contributed by atoms with Crippen LogP contribution in [0, 0.1) is 0 Å². The standard InChI is InChI=1S/C30H35F3N4O/c1-3-36(4-2)29(38)24-12-10-23(11-13-24)28(37-18-16-34-17-19-37)25-6-5-7-27(20-25)35-21-22-8-14-26(15-9-22)30(31,32)33/h5-15,20,28,34-35H,3-4,16-19,21H2,1-2H3/t28-/m1/s1. The number of nitrogens with zero attached hydrogens (tertiary/aromatic N) is 2. The van der Waals surface area contributed by atoms with Gasteiger partial charge in [-0.2, -0.15) is 13.2 Å². The van der Waals surface area contributed by atoms with Gasteiger partial charge in [-0.05, 0) is 66.9 Å². The number of amides is 1. The maximum Gasteiger partial charge on any atom is 0.416 e. The first-order chi connectivity index (χ1) is 18.3. The SMILES string of the molecule is CCN(CC)C(=O)c1ccc([C@H](c2cccc(NCc3ccc(C(F)(F)F)cc3)c2)N2CCNCC2)cc1. The maximum atomic E-state index is 12.9. The Balaban J connectivity index is 1.55. The average Bonchev–Trinajstić information content (AvgIpc) is 2.94. The highest BCUT2D eigenvalue weighted by molar-refractivity contribution is 5.94. The van der Waals surface area contributed by atoms with Crippen molar-refractivity contribution in [1.29, 1.82) is 0 Å². The second kappa shape index (κ2) is 12.5. The molecule has 0 saturated carbocycles. The third kappa shape index (κ3) is 6.74. The summed E-state index contributed by atoms with van der Waals surface area (Å²) in [7, 11) is 0. The smallest absolute Gasteiger partial charge is 0.381 e. The summed E-state index contributed by atoms with van der Waals surface area (Å²) in [6.45, 7) is 9.33. The molecule has 5 nitrogen and oxygen atoms in total. The Bertz CT molecular complexity index is 1190. The van der Waals surface area contributed by atoms with Crippen LogP contribution in [0.3, 0.4) is 0 Å². The summed E-state index contributed by atoms with van der Waals surface area (Å²) in [6.07, 6.45) is -4.34. The molecule has 1 fully saturated rings. The largest absolute Gasteiger partial charge is 0.416 e. The van der Waals surface area contributed by atoms with Crippen molar-refractivity contribution in [3.05, 3.63) is 101 Å². The molecule has 3 aromatic carbocycles. The predicted molar refractivity (Wildman–Crippen MR) is 145 cm³/mol. The lowest BCUT2D eigenvalue weighted by molar-refractivity contribution is -0.137. The van der Waals surface area contributed by atoms with Crippen LogP contribution in [0.4, 0.5) is 18.9 Å². The van der Waals surface area contributed by atoms with Crippen LogP contribution in [0.1, 0.15) is 52.5 Å². The monoisotopic (exact) mass is 524 g/mol. The Labute approximate surface area is 222 Å². The topological polar surface area (TPSA) is 47.6 Å². The lowest BCUT2D eigenvalue weighted by Crippen LogP contribution is -2.45. The van der Waals surface area contributed by atoms with E-state index in [0.29, 0.717) is 25.2 Å². The minimum absolute atomic E-state index is 0.0162. The Morgan fingerprint density at radius 1 is 0.947 bits per heavy atom. The molecule has 1 saturated heterocycles. The van der Waals surface area contributed by atoms with E-state index in [2.05, 4.69) is 27.7 Å². The first-order valence-corrected chi connectivity index (χ1v) is 13.1. The lowest BCUT2D eigenvalue weighted by Gasteiger charge is -2.36. The van der Waals surface area contributed by atoms with Crippen molar-refractivity contribution in [2.24, 2.45) is 0 Å². The molecule has 0 unspecified atom stereocenters. The number of hydrogen-bond acceptors (Lipinski definition) is 4. The summed E-state index contributed by atoms with van der Waals surface area (Å²) >= 11 is 0. The van der Waals surface area contributed by atoms with Gasteiger partial charge in [0.2, 0.25) is 0 Å². The van der Waals surface area contributed by atoms with Crippen LogP contribution >= 0.6 is 0 Å². The van der Waals surface area contributed by atoms with E-state index in [0.717, 1.165) is 60.7 Å². The van der Waals surface area contributed by atoms with Gasteiger partial charge in [0.15, 0.2) is 0 Å². The normalized spacial score (nSPS) is 15.2. The fraction of sp³-hybridized carbons (Fsp3) is 0.367. The van der Waals surface area contributed by atoms with Crippen molar-refractivity contribution in [2.75, 3.05) is 44.6 Å². The maximum absolute atomic E-state index is 12.9. The number of piperazine rings is 1. The molecule has 3 aromatic rings. The van der Waals surface area contributed by atoms with Crippen LogP contribution in [0.25, 0.3) is 0 Å². The van der Waals surface area contributed by atoms with Crippen LogP contribution in [0.2, 0.25) is 0 Å². The van der Waals surface area contributed by atoms with Gasteiger partial charge in [0.05, 0.1) is 11.6 Å². The molecule has 1 heterocycles. The number of halogens is 3. The molecule has 1 amide bonds. The minimum atomic E-state index is -4.34. The van der Waals surface area contributed by atoms with E-state index in [1.54, 1.807) is 0 Å².